The Kier molecular flexibility index (Phi) is 2.64. The second kappa shape index (κ2) is 3.83. The molecule has 0 bridgehead atoms. The lowest BCUT2D eigenvalue weighted by atomic mass is 10.1. The Hall–Kier alpha value is -1.48. The van der Waals surface area contributed by atoms with Gasteiger partial charge in [-0.2, -0.15) is 0 Å². The first-order valence-corrected chi connectivity index (χ1v) is 9.01. The van der Waals surface area contributed by atoms with Gasteiger partial charge in [0, 0.05) is 18.0 Å². The standard InChI is InChI=1S/C13H18N2Si/c1-16(2,3)11-6-4-10(5-7-11)12-8-15-9-13(12)14/h4-9,15H,14H2,1-3H3. The number of anilines is 1. The third-order valence-electron chi connectivity index (χ3n) is 2.84. The van der Waals surface area contributed by atoms with Crippen molar-refractivity contribution in [3.8, 4) is 11.1 Å². The highest BCUT2D eigenvalue weighted by molar-refractivity contribution is 6.88. The highest BCUT2D eigenvalue weighted by atomic mass is 28.3. The molecule has 3 N–H and O–H groups in total. The molecule has 3 heteroatoms. The molecule has 0 atom stereocenters. The van der Waals surface area contributed by atoms with Crippen LogP contribution in [0.3, 0.4) is 0 Å². The average Bonchev–Trinajstić information content (AvgIpc) is 2.63. The van der Waals surface area contributed by atoms with Crippen LogP contribution in [0.15, 0.2) is 36.7 Å². The van der Waals surface area contributed by atoms with Gasteiger partial charge in [0.1, 0.15) is 0 Å². The van der Waals surface area contributed by atoms with Gasteiger partial charge in [0.05, 0.1) is 13.8 Å². The van der Waals surface area contributed by atoms with Gasteiger partial charge >= 0.3 is 0 Å². The van der Waals surface area contributed by atoms with E-state index >= 15 is 0 Å². The number of H-pyrrole nitrogens is 1. The van der Waals surface area contributed by atoms with E-state index in [-0.39, 0.29) is 0 Å². The zero-order valence-corrected chi connectivity index (χ0v) is 11.0. The van der Waals surface area contributed by atoms with Crippen LogP contribution < -0.4 is 10.9 Å². The fourth-order valence-electron chi connectivity index (χ4n) is 1.78. The van der Waals surface area contributed by atoms with E-state index in [9.17, 15) is 0 Å². The Balaban J connectivity index is 2.37. The molecule has 1 aromatic carbocycles. The van der Waals surface area contributed by atoms with Crippen LogP contribution >= 0.6 is 0 Å². The number of nitrogens with one attached hydrogen (secondary N) is 1. The molecule has 2 rings (SSSR count). The van der Waals surface area contributed by atoms with Crippen LogP contribution in [-0.2, 0) is 0 Å². The molecule has 1 heterocycles. The van der Waals surface area contributed by atoms with Crippen LogP contribution in [0.4, 0.5) is 5.69 Å². The van der Waals surface area contributed by atoms with E-state index in [0.29, 0.717) is 0 Å². The highest BCUT2D eigenvalue weighted by Gasteiger charge is 2.15. The van der Waals surface area contributed by atoms with Crippen LogP contribution in [0, 0.1) is 0 Å². The van der Waals surface area contributed by atoms with Crippen molar-refractivity contribution < 1.29 is 0 Å². The number of nitrogens with two attached hydrogens (primary N) is 1. The zero-order chi connectivity index (χ0) is 11.8. The van der Waals surface area contributed by atoms with Gasteiger partial charge in [0.15, 0.2) is 0 Å². The molecule has 0 aliphatic rings. The van der Waals surface area contributed by atoms with E-state index in [1.54, 1.807) is 0 Å². The van der Waals surface area contributed by atoms with E-state index in [1.165, 1.54) is 10.8 Å². The summed E-state index contributed by atoms with van der Waals surface area (Å²) in [6, 6.07) is 8.78. The molecule has 1 aromatic heterocycles. The summed E-state index contributed by atoms with van der Waals surface area (Å²) < 4.78 is 0. The largest absolute Gasteiger partial charge is 0.397 e. The van der Waals surface area contributed by atoms with Gasteiger partial charge in [-0.15, -0.1) is 0 Å². The fourth-order valence-corrected chi connectivity index (χ4v) is 2.94. The van der Waals surface area contributed by atoms with E-state index in [4.69, 9.17) is 5.73 Å². The van der Waals surface area contributed by atoms with Crippen LogP contribution in [-0.4, -0.2) is 13.1 Å². The van der Waals surface area contributed by atoms with Crippen molar-refractivity contribution in [2.24, 2.45) is 0 Å². The van der Waals surface area contributed by atoms with Gasteiger partial charge in [-0.25, -0.2) is 0 Å². The maximum absolute atomic E-state index is 5.87. The number of hydrogen-bond acceptors (Lipinski definition) is 1. The van der Waals surface area contributed by atoms with Crippen molar-refractivity contribution in [3.05, 3.63) is 36.7 Å². The SMILES string of the molecule is C[Si](C)(C)c1ccc(-c2c[nH]cc2N)cc1. The van der Waals surface area contributed by atoms with Gasteiger partial charge in [0.25, 0.3) is 0 Å². The molecule has 0 aliphatic heterocycles. The van der Waals surface area contributed by atoms with E-state index in [0.717, 1.165) is 11.3 Å². The first-order chi connectivity index (χ1) is 7.48. The maximum Gasteiger partial charge on any atom is 0.0775 e. The average molecular weight is 230 g/mol. The quantitative estimate of drug-likeness (QED) is 0.765. The summed E-state index contributed by atoms with van der Waals surface area (Å²) in [7, 11) is -1.19. The number of aromatic nitrogens is 1. The minimum Gasteiger partial charge on any atom is -0.397 e. The third kappa shape index (κ3) is 2.04. The van der Waals surface area contributed by atoms with Gasteiger partial charge in [-0.3, -0.25) is 0 Å². The van der Waals surface area contributed by atoms with Gasteiger partial charge in [-0.05, 0) is 5.56 Å². The molecule has 0 unspecified atom stereocenters. The summed E-state index contributed by atoms with van der Waals surface area (Å²) in [6.07, 6.45) is 3.76. The lowest BCUT2D eigenvalue weighted by molar-refractivity contribution is 1.41. The molecule has 0 aliphatic carbocycles. The van der Waals surface area contributed by atoms with E-state index < -0.39 is 8.07 Å². The molecule has 0 saturated carbocycles. The van der Waals surface area contributed by atoms with Crippen molar-refractivity contribution >= 4 is 18.9 Å². The molecule has 2 aromatic rings. The number of nitrogen functional groups attached to an aromatic ring is 1. The second-order valence-corrected chi connectivity index (χ2v) is 10.2. The monoisotopic (exact) mass is 230 g/mol. The second-order valence-electron chi connectivity index (χ2n) is 5.15. The Morgan fingerprint density at radius 1 is 1.00 bits per heavy atom. The van der Waals surface area contributed by atoms with Crippen molar-refractivity contribution in [2.45, 2.75) is 19.6 Å². The summed E-state index contributed by atoms with van der Waals surface area (Å²) in [6.45, 7) is 7.06. The molecule has 0 radical (unpaired) electrons. The summed E-state index contributed by atoms with van der Waals surface area (Å²) in [5.74, 6) is 0. The Morgan fingerprint density at radius 2 is 1.62 bits per heavy atom. The normalized spacial score (nSPS) is 11.7. The zero-order valence-electron chi connectivity index (χ0n) is 10.0. The summed E-state index contributed by atoms with van der Waals surface area (Å²) in [5.41, 5.74) is 8.95. The van der Waals surface area contributed by atoms with Gasteiger partial charge in [0.2, 0.25) is 0 Å². The molecule has 84 valence electrons. The topological polar surface area (TPSA) is 41.8 Å². The summed E-state index contributed by atoms with van der Waals surface area (Å²) in [5, 5.41) is 1.48. The first kappa shape index (κ1) is 11.0. The number of rotatable bonds is 2. The minimum absolute atomic E-state index is 0.806. The van der Waals surface area contributed by atoms with E-state index in [1.807, 2.05) is 12.4 Å². The third-order valence-corrected chi connectivity index (χ3v) is 4.90. The Morgan fingerprint density at radius 3 is 2.06 bits per heavy atom. The fraction of sp³-hybridized carbons (Fsp3) is 0.231. The first-order valence-electron chi connectivity index (χ1n) is 5.51. The number of benzene rings is 1. The lowest BCUT2D eigenvalue weighted by Gasteiger charge is -2.16. The summed E-state index contributed by atoms with van der Waals surface area (Å²) in [4.78, 5) is 3.03. The minimum atomic E-state index is -1.19. The molecule has 0 spiro atoms. The predicted octanol–water partition coefficient (Wildman–Crippen LogP) is 2.81. The predicted molar refractivity (Wildman–Crippen MR) is 73.6 cm³/mol. The van der Waals surface area contributed by atoms with Crippen molar-refractivity contribution in [3.63, 3.8) is 0 Å². The molecule has 16 heavy (non-hydrogen) atoms. The van der Waals surface area contributed by atoms with Crippen LogP contribution in [0.5, 0.6) is 0 Å². The van der Waals surface area contributed by atoms with E-state index in [2.05, 4.69) is 48.9 Å². The molecule has 0 fully saturated rings. The molecular weight excluding hydrogens is 212 g/mol. The molecule has 0 saturated heterocycles. The van der Waals surface area contributed by atoms with Gasteiger partial charge in [-0.1, -0.05) is 49.1 Å². The smallest absolute Gasteiger partial charge is 0.0775 e. The van der Waals surface area contributed by atoms with Crippen LogP contribution in [0.1, 0.15) is 0 Å². The van der Waals surface area contributed by atoms with Gasteiger partial charge < -0.3 is 10.7 Å². The Labute approximate surface area is 97.5 Å². The lowest BCUT2D eigenvalue weighted by Crippen LogP contribution is -2.37. The highest BCUT2D eigenvalue weighted by Crippen LogP contribution is 2.24. The van der Waals surface area contributed by atoms with Crippen LogP contribution in [0.2, 0.25) is 19.6 Å². The van der Waals surface area contributed by atoms with Crippen LogP contribution in [0.25, 0.3) is 11.1 Å². The summed E-state index contributed by atoms with van der Waals surface area (Å²) >= 11 is 0. The maximum atomic E-state index is 5.87. The van der Waals surface area contributed by atoms with Crippen molar-refractivity contribution in [1.82, 2.24) is 4.98 Å². The Bertz CT molecular complexity index is 477. The molecule has 2 nitrogen and oxygen atoms in total. The van der Waals surface area contributed by atoms with Crippen molar-refractivity contribution in [1.29, 1.82) is 0 Å². The molecule has 0 amide bonds. The number of hydrogen-bond donors (Lipinski definition) is 2. The molecular formula is C13H18N2Si. The number of aromatic amines is 1. The van der Waals surface area contributed by atoms with Crippen molar-refractivity contribution in [2.75, 3.05) is 5.73 Å².